The summed E-state index contributed by atoms with van der Waals surface area (Å²) in [5, 5.41) is 2.70. The molecule has 238 valence electrons. The summed E-state index contributed by atoms with van der Waals surface area (Å²) >= 11 is 0. The zero-order valence-electron chi connectivity index (χ0n) is 25.5. The van der Waals surface area contributed by atoms with Crippen molar-refractivity contribution in [3.8, 4) is 24.0 Å². The molecule has 15 heteroatoms. The Bertz CT molecular complexity index is 1510. The van der Waals surface area contributed by atoms with Crippen molar-refractivity contribution in [1.29, 1.82) is 0 Å². The van der Waals surface area contributed by atoms with Gasteiger partial charge in [0.2, 0.25) is 11.8 Å². The Kier molecular flexibility index (Phi) is 10.8. The summed E-state index contributed by atoms with van der Waals surface area (Å²) in [6.45, 7) is 6.87. The van der Waals surface area contributed by atoms with Crippen LogP contribution in [0.1, 0.15) is 46.6 Å². The van der Waals surface area contributed by atoms with Gasteiger partial charge in [-0.1, -0.05) is 24.1 Å². The number of methoxy groups -OCH3 is 1. The Balaban J connectivity index is 1.64. The maximum absolute atomic E-state index is 14.2. The number of fused-ring (bicyclic) bond motifs is 1. The normalized spacial score (nSPS) is 21.9. The predicted octanol–water partition coefficient (Wildman–Crippen LogP) is 3.88. The molecule has 1 fully saturated rings. The Morgan fingerprint density at radius 1 is 1.27 bits per heavy atom. The monoisotopic (exact) mass is 630 g/mol. The highest BCUT2D eigenvalue weighted by Crippen LogP contribution is 2.52. The van der Waals surface area contributed by atoms with Crippen LogP contribution in [0.3, 0.4) is 0 Å². The van der Waals surface area contributed by atoms with Crippen molar-refractivity contribution in [2.75, 3.05) is 32.9 Å². The molecule has 1 saturated carbocycles. The number of hydrogen-bond donors (Lipinski definition) is 2. The Morgan fingerprint density at radius 3 is 2.68 bits per heavy atom. The number of rotatable bonds is 15. The predicted molar refractivity (Wildman–Crippen MR) is 162 cm³/mol. The second-order valence-corrected chi connectivity index (χ2v) is 12.3. The molecular formula is C29H39N6O8P. The zero-order chi connectivity index (χ0) is 31.9. The van der Waals surface area contributed by atoms with Gasteiger partial charge in [0.15, 0.2) is 11.2 Å². The van der Waals surface area contributed by atoms with E-state index in [0.29, 0.717) is 30.6 Å². The van der Waals surface area contributed by atoms with Crippen molar-refractivity contribution < 1.29 is 37.4 Å². The van der Waals surface area contributed by atoms with Crippen molar-refractivity contribution in [3.63, 3.8) is 0 Å². The number of ether oxygens (including phenoxy) is 4. The van der Waals surface area contributed by atoms with Gasteiger partial charge in [-0.15, -0.1) is 6.42 Å². The van der Waals surface area contributed by atoms with Crippen LogP contribution < -0.4 is 20.1 Å². The highest BCUT2D eigenvalue weighted by molar-refractivity contribution is 7.52. The molecule has 44 heavy (non-hydrogen) atoms. The molecule has 0 amide bonds. The molecule has 1 aliphatic rings. The first-order valence-electron chi connectivity index (χ1n) is 14.2. The van der Waals surface area contributed by atoms with Crippen LogP contribution in [0.15, 0.2) is 36.7 Å². The summed E-state index contributed by atoms with van der Waals surface area (Å²) in [5.74, 6) is 2.81. The van der Waals surface area contributed by atoms with Crippen LogP contribution in [-0.2, 0) is 28.1 Å². The standard InChI is InChI=1S/C29H39N6O8P/c1-7-29(16-41-44(37,43-22-12-10-9-11-13-22)34-20(5)27(36)42-19(3)4)15-21(14-23(29)40-18-38-6)35-17-31-24-25(35)32-28(30)33-26(24)39-8-2/h1,9-13,17,19-21,23H,8,14-16,18H2,2-6H3,(H,34,37)(H2,30,32,33)/t20-,21+,23+,29-,44-/m0/s1. The number of benzene rings is 1. The third-order valence-electron chi connectivity index (χ3n) is 6.98. The van der Waals surface area contributed by atoms with Crippen molar-refractivity contribution in [2.24, 2.45) is 5.41 Å². The van der Waals surface area contributed by atoms with Gasteiger partial charge >= 0.3 is 13.7 Å². The van der Waals surface area contributed by atoms with Crippen molar-refractivity contribution in [1.82, 2.24) is 24.6 Å². The molecule has 0 saturated heterocycles. The summed E-state index contributed by atoms with van der Waals surface area (Å²) in [5.41, 5.74) is 5.81. The number of hydrogen-bond acceptors (Lipinski definition) is 12. The van der Waals surface area contributed by atoms with E-state index in [0.717, 1.165) is 0 Å². The number of nitrogen functional groups attached to an aromatic ring is 1. The average Bonchev–Trinajstić information content (AvgIpc) is 3.57. The van der Waals surface area contributed by atoms with Gasteiger partial charge < -0.3 is 33.8 Å². The van der Waals surface area contributed by atoms with E-state index < -0.39 is 31.3 Å². The second-order valence-electron chi connectivity index (χ2n) is 10.6. The SMILES string of the molecule is C#C[C@@]1(CO[P@@](=O)(N[C@@H](C)C(=O)OC(C)C)Oc2ccccc2)C[C@H](n2cnc3c(OCC)nc(N)nc32)C[C@H]1OCOC. The first-order valence-corrected chi connectivity index (χ1v) is 15.8. The molecule has 0 aliphatic heterocycles. The van der Waals surface area contributed by atoms with Crippen molar-refractivity contribution >= 4 is 30.8 Å². The molecule has 0 spiro atoms. The van der Waals surface area contributed by atoms with E-state index in [-0.39, 0.29) is 43.1 Å². The third kappa shape index (κ3) is 7.67. The summed E-state index contributed by atoms with van der Waals surface area (Å²) in [6.07, 6.45) is 7.58. The minimum atomic E-state index is -4.20. The molecule has 2 aromatic heterocycles. The number of nitrogens with one attached hydrogen (secondary N) is 1. The number of para-hydroxylation sites is 1. The van der Waals surface area contributed by atoms with Crippen LogP contribution >= 0.6 is 7.75 Å². The van der Waals surface area contributed by atoms with Gasteiger partial charge in [-0.3, -0.25) is 9.32 Å². The fraction of sp³-hybridized carbons (Fsp3) is 0.517. The highest BCUT2D eigenvalue weighted by atomic mass is 31.2. The van der Waals surface area contributed by atoms with E-state index in [1.165, 1.54) is 14.0 Å². The van der Waals surface area contributed by atoms with E-state index in [4.69, 9.17) is 40.2 Å². The number of esters is 1. The molecule has 2 heterocycles. The van der Waals surface area contributed by atoms with Gasteiger partial charge in [0, 0.05) is 13.2 Å². The van der Waals surface area contributed by atoms with Gasteiger partial charge in [-0.25, -0.2) is 9.55 Å². The smallest absolute Gasteiger partial charge is 0.459 e. The minimum absolute atomic E-state index is 0.0367. The van der Waals surface area contributed by atoms with E-state index >= 15 is 0 Å². The van der Waals surface area contributed by atoms with Crippen LogP contribution in [0.25, 0.3) is 11.2 Å². The van der Waals surface area contributed by atoms with Crippen LogP contribution in [-0.4, -0.2) is 70.9 Å². The number of anilines is 1. The van der Waals surface area contributed by atoms with Crippen LogP contribution in [0.2, 0.25) is 0 Å². The van der Waals surface area contributed by atoms with Gasteiger partial charge in [0.25, 0.3) is 0 Å². The number of aromatic nitrogens is 4. The number of imidazole rings is 1. The summed E-state index contributed by atoms with van der Waals surface area (Å²) in [4.78, 5) is 25.6. The molecule has 0 bridgehead atoms. The van der Waals surface area contributed by atoms with Crippen molar-refractivity contribution in [3.05, 3.63) is 36.7 Å². The van der Waals surface area contributed by atoms with Gasteiger partial charge in [0.1, 0.15) is 18.6 Å². The molecular weight excluding hydrogens is 591 g/mol. The van der Waals surface area contributed by atoms with Crippen LogP contribution in [0.5, 0.6) is 11.6 Å². The number of carbonyl (C=O) groups excluding carboxylic acids is 1. The fourth-order valence-corrected chi connectivity index (χ4v) is 6.55. The summed E-state index contributed by atoms with van der Waals surface area (Å²) in [6, 6.07) is 7.18. The Labute approximate surface area is 256 Å². The highest BCUT2D eigenvalue weighted by Gasteiger charge is 2.50. The van der Waals surface area contributed by atoms with Crippen molar-refractivity contribution in [2.45, 2.75) is 64.8 Å². The van der Waals surface area contributed by atoms with E-state index in [1.807, 2.05) is 11.5 Å². The molecule has 1 aromatic carbocycles. The number of carbonyl (C=O) groups is 1. The zero-order valence-corrected chi connectivity index (χ0v) is 26.4. The molecule has 4 rings (SSSR count). The van der Waals surface area contributed by atoms with Crippen LogP contribution in [0.4, 0.5) is 5.95 Å². The lowest BCUT2D eigenvalue weighted by molar-refractivity contribution is -0.149. The average molecular weight is 631 g/mol. The topological polar surface area (TPSA) is 171 Å². The number of nitrogens with zero attached hydrogens (tertiary/aromatic N) is 4. The first kappa shape index (κ1) is 33.2. The molecule has 0 radical (unpaired) electrons. The molecule has 3 N–H and O–H groups in total. The van der Waals surface area contributed by atoms with E-state index in [2.05, 4.69) is 26.0 Å². The van der Waals surface area contributed by atoms with Gasteiger partial charge in [-0.05, 0) is 52.7 Å². The molecule has 1 aliphatic carbocycles. The lowest BCUT2D eigenvalue weighted by atomic mass is 9.86. The summed E-state index contributed by atoms with van der Waals surface area (Å²) < 4.78 is 50.0. The first-order chi connectivity index (χ1) is 21.0. The molecule has 0 unspecified atom stereocenters. The second kappa shape index (κ2) is 14.4. The Hall–Kier alpha value is -3.73. The minimum Gasteiger partial charge on any atom is -0.476 e. The lowest BCUT2D eigenvalue weighted by Crippen LogP contribution is -2.39. The molecule has 3 aromatic rings. The summed E-state index contributed by atoms with van der Waals surface area (Å²) in [7, 11) is -2.70. The lowest BCUT2D eigenvalue weighted by Gasteiger charge is -2.32. The number of terminal acetylenes is 1. The van der Waals surface area contributed by atoms with Crippen LogP contribution in [0, 0.1) is 17.8 Å². The maximum Gasteiger partial charge on any atom is 0.459 e. The van der Waals surface area contributed by atoms with Gasteiger partial charge in [-0.2, -0.15) is 15.1 Å². The third-order valence-corrected chi connectivity index (χ3v) is 8.60. The maximum atomic E-state index is 14.2. The fourth-order valence-electron chi connectivity index (χ4n) is 4.99. The number of nitrogens with two attached hydrogens (primary N) is 1. The van der Waals surface area contributed by atoms with E-state index in [1.54, 1.807) is 50.5 Å². The van der Waals surface area contributed by atoms with Gasteiger partial charge in [0.05, 0.1) is 37.2 Å². The quantitative estimate of drug-likeness (QED) is 0.107. The van der Waals surface area contributed by atoms with E-state index in [9.17, 15) is 9.36 Å². The molecule has 14 nitrogen and oxygen atoms in total. The molecule has 5 atom stereocenters. The largest absolute Gasteiger partial charge is 0.476 e. The Morgan fingerprint density at radius 2 is 2.02 bits per heavy atom.